The fourth-order valence-corrected chi connectivity index (χ4v) is 2.95. The third kappa shape index (κ3) is 3.30. The van der Waals surface area contributed by atoms with Gasteiger partial charge in [-0.1, -0.05) is 17.7 Å². The Morgan fingerprint density at radius 1 is 1.29 bits per heavy atom. The molecule has 0 unspecified atom stereocenters. The number of esters is 1. The van der Waals surface area contributed by atoms with Gasteiger partial charge in [0.25, 0.3) is 0 Å². The number of rotatable bonds is 3. The summed E-state index contributed by atoms with van der Waals surface area (Å²) >= 11 is 7.34. The lowest BCUT2D eigenvalue weighted by Crippen LogP contribution is -2.11. The van der Waals surface area contributed by atoms with Gasteiger partial charge in [-0.15, -0.1) is 11.3 Å². The Bertz CT molecular complexity index is 929. The number of nitrogens with zero attached hydrogens (tertiary/aromatic N) is 2. The first-order chi connectivity index (χ1) is 11.6. The molecule has 0 radical (unpaired) electrons. The molecule has 4 nitrogen and oxygen atoms in total. The second-order valence-electron chi connectivity index (χ2n) is 4.99. The molecular weight excluding hydrogens is 344 g/mol. The third-order valence-corrected chi connectivity index (χ3v) is 4.48. The molecule has 118 valence electrons. The molecule has 0 aliphatic heterocycles. The number of thiophene rings is 1. The van der Waals surface area contributed by atoms with E-state index in [1.807, 2.05) is 29.6 Å². The molecule has 2 heterocycles. The highest BCUT2D eigenvalue weighted by Gasteiger charge is 2.17. The maximum absolute atomic E-state index is 12.3. The molecule has 6 heteroatoms. The van der Waals surface area contributed by atoms with E-state index in [0.717, 1.165) is 4.88 Å². The predicted octanol–water partition coefficient (Wildman–Crippen LogP) is 4.86. The molecule has 0 aliphatic carbocycles. The van der Waals surface area contributed by atoms with Gasteiger partial charge in [-0.25, -0.2) is 9.78 Å². The molecule has 0 spiro atoms. The molecule has 3 rings (SSSR count). The molecule has 0 aliphatic rings. The molecule has 1 aromatic carbocycles. The quantitative estimate of drug-likeness (QED) is 0.630. The van der Waals surface area contributed by atoms with Crippen LogP contribution in [0.5, 0.6) is 5.88 Å². The van der Waals surface area contributed by atoms with Gasteiger partial charge in [-0.2, -0.15) is 5.26 Å². The van der Waals surface area contributed by atoms with Crippen LogP contribution in [-0.4, -0.2) is 11.0 Å². The predicted molar refractivity (Wildman–Crippen MR) is 93.4 cm³/mol. The van der Waals surface area contributed by atoms with Crippen molar-refractivity contribution < 1.29 is 9.53 Å². The largest absolute Gasteiger partial charge is 0.402 e. The summed E-state index contributed by atoms with van der Waals surface area (Å²) in [5, 5.41) is 11.8. The van der Waals surface area contributed by atoms with E-state index in [1.165, 1.54) is 11.3 Å². The highest BCUT2D eigenvalue weighted by atomic mass is 35.5. The van der Waals surface area contributed by atoms with Gasteiger partial charge in [-0.05, 0) is 54.3 Å². The van der Waals surface area contributed by atoms with Crippen molar-refractivity contribution in [2.75, 3.05) is 0 Å². The van der Waals surface area contributed by atoms with Gasteiger partial charge in [0, 0.05) is 5.02 Å². The number of aromatic nitrogens is 1. The summed E-state index contributed by atoms with van der Waals surface area (Å²) in [6.45, 7) is 1.79. The minimum absolute atomic E-state index is 0.0147. The molecule has 24 heavy (non-hydrogen) atoms. The van der Waals surface area contributed by atoms with Gasteiger partial charge in [0.1, 0.15) is 11.6 Å². The molecule has 0 amide bonds. The Labute approximate surface area is 147 Å². The summed E-state index contributed by atoms with van der Waals surface area (Å²) in [4.78, 5) is 17.6. The summed E-state index contributed by atoms with van der Waals surface area (Å²) in [7, 11) is 0. The average Bonchev–Trinajstić information content (AvgIpc) is 3.09. The Kier molecular flexibility index (Phi) is 4.61. The van der Waals surface area contributed by atoms with Gasteiger partial charge in [0.05, 0.1) is 16.1 Å². The number of nitriles is 1. The van der Waals surface area contributed by atoms with Crippen LogP contribution in [0.15, 0.2) is 47.8 Å². The number of pyridine rings is 1. The molecular formula is C18H11ClN2O2S. The lowest BCUT2D eigenvalue weighted by molar-refractivity contribution is 0.0727. The second-order valence-corrected chi connectivity index (χ2v) is 6.37. The fourth-order valence-electron chi connectivity index (χ4n) is 2.14. The fraction of sp³-hybridized carbons (Fsp3) is 0.0556. The zero-order chi connectivity index (χ0) is 17.1. The van der Waals surface area contributed by atoms with Crippen molar-refractivity contribution in [1.29, 1.82) is 5.26 Å². The van der Waals surface area contributed by atoms with Crippen molar-refractivity contribution in [2.45, 2.75) is 6.92 Å². The SMILES string of the molecule is Cc1cc(-c2cccs2)nc(OC(=O)c2ccc(Cl)cc2)c1C#N. The number of hydrogen-bond acceptors (Lipinski definition) is 5. The van der Waals surface area contributed by atoms with E-state index in [4.69, 9.17) is 16.3 Å². The van der Waals surface area contributed by atoms with Crippen molar-refractivity contribution in [3.63, 3.8) is 0 Å². The number of carbonyl (C=O) groups excluding carboxylic acids is 1. The summed E-state index contributed by atoms with van der Waals surface area (Å²) in [5.41, 5.74) is 1.96. The Hall–Kier alpha value is -2.68. The lowest BCUT2D eigenvalue weighted by Gasteiger charge is -2.09. The van der Waals surface area contributed by atoms with Crippen molar-refractivity contribution >= 4 is 28.9 Å². The van der Waals surface area contributed by atoms with Gasteiger partial charge < -0.3 is 4.74 Å². The van der Waals surface area contributed by atoms with Crippen molar-refractivity contribution in [1.82, 2.24) is 4.98 Å². The molecule has 0 atom stereocenters. The summed E-state index contributed by atoms with van der Waals surface area (Å²) in [6.07, 6.45) is 0. The number of ether oxygens (including phenoxy) is 1. The minimum atomic E-state index is -0.585. The van der Waals surface area contributed by atoms with E-state index in [-0.39, 0.29) is 11.4 Å². The average molecular weight is 355 g/mol. The van der Waals surface area contributed by atoms with Crippen LogP contribution in [0.1, 0.15) is 21.5 Å². The van der Waals surface area contributed by atoms with Gasteiger partial charge >= 0.3 is 5.97 Å². The van der Waals surface area contributed by atoms with E-state index in [9.17, 15) is 10.1 Å². The van der Waals surface area contributed by atoms with E-state index in [2.05, 4.69) is 4.98 Å². The summed E-state index contributed by atoms with van der Waals surface area (Å²) < 4.78 is 5.37. The Morgan fingerprint density at radius 3 is 2.67 bits per heavy atom. The van der Waals surface area contributed by atoms with Crippen LogP contribution in [-0.2, 0) is 0 Å². The molecule has 0 saturated heterocycles. The second kappa shape index (κ2) is 6.83. The van der Waals surface area contributed by atoms with Crippen molar-refractivity contribution in [3.05, 3.63) is 69.6 Å². The lowest BCUT2D eigenvalue weighted by atomic mass is 10.1. The van der Waals surface area contributed by atoms with Gasteiger partial charge in [0.15, 0.2) is 0 Å². The molecule has 3 aromatic rings. The van der Waals surface area contributed by atoms with Crippen molar-refractivity contribution in [2.24, 2.45) is 0 Å². The minimum Gasteiger partial charge on any atom is -0.402 e. The van der Waals surface area contributed by atoms with Crippen LogP contribution in [0.3, 0.4) is 0 Å². The van der Waals surface area contributed by atoms with Gasteiger partial charge in [-0.3, -0.25) is 0 Å². The molecule has 0 bridgehead atoms. The highest BCUT2D eigenvalue weighted by molar-refractivity contribution is 7.13. The molecule has 0 fully saturated rings. The van der Waals surface area contributed by atoms with E-state index in [1.54, 1.807) is 31.2 Å². The number of hydrogen-bond donors (Lipinski definition) is 0. The smallest absolute Gasteiger partial charge is 0.344 e. The van der Waals surface area contributed by atoms with E-state index in [0.29, 0.717) is 21.8 Å². The first-order valence-corrected chi connectivity index (χ1v) is 8.27. The van der Waals surface area contributed by atoms with Gasteiger partial charge in [0.2, 0.25) is 5.88 Å². The Balaban J connectivity index is 1.98. The van der Waals surface area contributed by atoms with Crippen LogP contribution in [0.25, 0.3) is 10.6 Å². The third-order valence-electron chi connectivity index (χ3n) is 3.34. The zero-order valence-corrected chi connectivity index (χ0v) is 14.2. The standard InChI is InChI=1S/C18H11ClN2O2S/c1-11-9-15(16-3-2-8-24-16)21-17(14(11)10-20)23-18(22)12-4-6-13(19)7-5-12/h2-9H,1H3. The highest BCUT2D eigenvalue weighted by Crippen LogP contribution is 2.29. The molecule has 0 N–H and O–H groups in total. The number of halogens is 1. The van der Waals surface area contributed by atoms with Crippen LogP contribution in [0, 0.1) is 18.3 Å². The van der Waals surface area contributed by atoms with Crippen molar-refractivity contribution in [3.8, 4) is 22.5 Å². The van der Waals surface area contributed by atoms with E-state index < -0.39 is 5.97 Å². The first kappa shape index (κ1) is 16.2. The first-order valence-electron chi connectivity index (χ1n) is 7.02. The maximum Gasteiger partial charge on any atom is 0.344 e. The number of carbonyl (C=O) groups is 1. The van der Waals surface area contributed by atoms with E-state index >= 15 is 0 Å². The zero-order valence-electron chi connectivity index (χ0n) is 12.6. The monoisotopic (exact) mass is 354 g/mol. The summed E-state index contributed by atoms with van der Waals surface area (Å²) in [6, 6.07) is 14.0. The maximum atomic E-state index is 12.3. The molecule has 0 saturated carbocycles. The number of aryl methyl sites for hydroxylation is 1. The van der Waals surface area contributed by atoms with Crippen LogP contribution in [0.4, 0.5) is 0 Å². The topological polar surface area (TPSA) is 63.0 Å². The normalized spacial score (nSPS) is 10.2. The number of benzene rings is 1. The molecule has 2 aromatic heterocycles. The van der Waals surface area contributed by atoms with Crippen LogP contribution >= 0.6 is 22.9 Å². The Morgan fingerprint density at radius 2 is 2.04 bits per heavy atom. The summed E-state index contributed by atoms with van der Waals surface area (Å²) in [5.74, 6) is -0.570. The van der Waals surface area contributed by atoms with Crippen LogP contribution in [0.2, 0.25) is 5.02 Å². The van der Waals surface area contributed by atoms with Crippen LogP contribution < -0.4 is 4.74 Å².